The lowest BCUT2D eigenvalue weighted by atomic mass is 10.00. The second kappa shape index (κ2) is 6.38. The molecule has 3 atom stereocenters. The van der Waals surface area contributed by atoms with E-state index in [4.69, 9.17) is 9.84 Å². The maximum absolute atomic E-state index is 8.98. The van der Waals surface area contributed by atoms with E-state index in [1.54, 1.807) is 0 Å². The van der Waals surface area contributed by atoms with Crippen molar-refractivity contribution in [2.75, 3.05) is 26.4 Å². The molecule has 1 fully saturated rings. The summed E-state index contributed by atoms with van der Waals surface area (Å²) >= 11 is 0. The van der Waals surface area contributed by atoms with E-state index in [9.17, 15) is 0 Å². The van der Waals surface area contributed by atoms with Crippen molar-refractivity contribution in [3.8, 4) is 0 Å². The van der Waals surface area contributed by atoms with Crippen LogP contribution in [0, 0.1) is 11.8 Å². The molecule has 1 saturated heterocycles. The van der Waals surface area contributed by atoms with Crippen LogP contribution in [-0.2, 0) is 4.74 Å². The second-order valence-corrected chi connectivity index (χ2v) is 4.44. The maximum Gasteiger partial charge on any atom is 0.0506 e. The van der Waals surface area contributed by atoms with Gasteiger partial charge in [-0.25, -0.2) is 0 Å². The summed E-state index contributed by atoms with van der Waals surface area (Å²) in [7, 11) is 0. The minimum Gasteiger partial charge on any atom is -0.396 e. The topological polar surface area (TPSA) is 41.5 Å². The summed E-state index contributed by atoms with van der Waals surface area (Å²) in [6.45, 7) is 7.30. The molecule has 84 valence electrons. The van der Waals surface area contributed by atoms with Crippen molar-refractivity contribution >= 4 is 0 Å². The van der Waals surface area contributed by atoms with Gasteiger partial charge in [0.2, 0.25) is 0 Å². The molecule has 2 N–H and O–H groups in total. The highest BCUT2D eigenvalue weighted by Gasteiger charge is 2.16. The van der Waals surface area contributed by atoms with Gasteiger partial charge in [0.25, 0.3) is 0 Å². The smallest absolute Gasteiger partial charge is 0.0506 e. The number of aliphatic hydroxyl groups is 1. The molecule has 0 aromatic heterocycles. The number of rotatable bonds is 5. The van der Waals surface area contributed by atoms with Gasteiger partial charge >= 0.3 is 0 Å². The van der Waals surface area contributed by atoms with Crippen LogP contribution in [0.5, 0.6) is 0 Å². The van der Waals surface area contributed by atoms with E-state index in [1.807, 2.05) is 0 Å². The van der Waals surface area contributed by atoms with E-state index in [1.165, 1.54) is 12.8 Å². The van der Waals surface area contributed by atoms with E-state index >= 15 is 0 Å². The molecule has 1 aliphatic heterocycles. The summed E-state index contributed by atoms with van der Waals surface area (Å²) in [5.74, 6) is 0.997. The molecule has 0 amide bonds. The molecule has 1 aliphatic rings. The zero-order chi connectivity index (χ0) is 10.4. The number of ether oxygens (including phenoxy) is 1. The molecule has 1 heterocycles. The van der Waals surface area contributed by atoms with E-state index in [0.717, 1.165) is 19.8 Å². The highest BCUT2D eigenvalue weighted by atomic mass is 16.5. The van der Waals surface area contributed by atoms with Gasteiger partial charge in [-0.3, -0.25) is 0 Å². The van der Waals surface area contributed by atoms with E-state index < -0.39 is 0 Å². The number of hydrogen-bond acceptors (Lipinski definition) is 3. The molecule has 0 aliphatic carbocycles. The summed E-state index contributed by atoms with van der Waals surface area (Å²) in [4.78, 5) is 0. The Morgan fingerprint density at radius 1 is 1.50 bits per heavy atom. The predicted octanol–water partition coefficient (Wildman–Crippen LogP) is 1.02. The SMILES string of the molecule is CC(CO)C(C)NCC1CCCOC1. The fraction of sp³-hybridized carbons (Fsp3) is 1.00. The number of hydrogen-bond donors (Lipinski definition) is 2. The van der Waals surface area contributed by atoms with Crippen LogP contribution in [0.1, 0.15) is 26.7 Å². The third kappa shape index (κ3) is 3.95. The van der Waals surface area contributed by atoms with Crippen LogP contribution in [-0.4, -0.2) is 37.5 Å². The third-order valence-electron chi connectivity index (χ3n) is 3.12. The Kier molecular flexibility index (Phi) is 5.45. The normalized spacial score (nSPS) is 27.2. The van der Waals surface area contributed by atoms with Gasteiger partial charge < -0.3 is 15.2 Å². The van der Waals surface area contributed by atoms with Crippen LogP contribution >= 0.6 is 0 Å². The van der Waals surface area contributed by atoms with Gasteiger partial charge in [0.15, 0.2) is 0 Å². The lowest BCUT2D eigenvalue weighted by molar-refractivity contribution is 0.0527. The molecule has 0 aromatic rings. The molecular weight excluding hydrogens is 178 g/mol. The zero-order valence-electron chi connectivity index (χ0n) is 9.33. The first-order valence-corrected chi connectivity index (χ1v) is 5.66. The van der Waals surface area contributed by atoms with Gasteiger partial charge in [-0.2, -0.15) is 0 Å². The van der Waals surface area contributed by atoms with Crippen LogP contribution in [0.25, 0.3) is 0 Å². The van der Waals surface area contributed by atoms with Gasteiger partial charge in [0.05, 0.1) is 6.61 Å². The largest absolute Gasteiger partial charge is 0.396 e. The summed E-state index contributed by atoms with van der Waals surface area (Å²) in [6.07, 6.45) is 2.46. The Morgan fingerprint density at radius 3 is 2.86 bits per heavy atom. The molecule has 0 aromatic carbocycles. The average Bonchev–Trinajstić information content (AvgIpc) is 2.26. The van der Waals surface area contributed by atoms with Gasteiger partial charge in [-0.1, -0.05) is 6.92 Å². The van der Waals surface area contributed by atoms with Crippen LogP contribution in [0.4, 0.5) is 0 Å². The van der Waals surface area contributed by atoms with E-state index in [-0.39, 0.29) is 6.61 Å². The molecule has 1 rings (SSSR count). The van der Waals surface area contributed by atoms with E-state index in [2.05, 4.69) is 19.2 Å². The van der Waals surface area contributed by atoms with Crippen LogP contribution < -0.4 is 5.32 Å². The maximum atomic E-state index is 8.98. The van der Waals surface area contributed by atoms with E-state index in [0.29, 0.717) is 17.9 Å². The standard InChI is InChI=1S/C11H23NO2/c1-9(7-13)10(2)12-6-11-4-3-5-14-8-11/h9-13H,3-8H2,1-2H3. The highest BCUT2D eigenvalue weighted by Crippen LogP contribution is 2.13. The quantitative estimate of drug-likeness (QED) is 0.698. The van der Waals surface area contributed by atoms with Gasteiger partial charge in [-0.15, -0.1) is 0 Å². The summed E-state index contributed by atoms with van der Waals surface area (Å²) < 4.78 is 5.41. The number of aliphatic hydroxyl groups excluding tert-OH is 1. The molecule has 0 bridgehead atoms. The van der Waals surface area contributed by atoms with Crippen molar-refractivity contribution in [2.24, 2.45) is 11.8 Å². The monoisotopic (exact) mass is 201 g/mol. The molecule has 3 unspecified atom stereocenters. The van der Waals surface area contributed by atoms with Crippen molar-refractivity contribution < 1.29 is 9.84 Å². The molecular formula is C11H23NO2. The van der Waals surface area contributed by atoms with Crippen molar-refractivity contribution in [3.05, 3.63) is 0 Å². The Bertz CT molecular complexity index is 144. The Morgan fingerprint density at radius 2 is 2.29 bits per heavy atom. The molecule has 3 heteroatoms. The summed E-state index contributed by atoms with van der Waals surface area (Å²) in [5, 5.41) is 12.4. The van der Waals surface area contributed by atoms with Crippen LogP contribution in [0.15, 0.2) is 0 Å². The Labute approximate surface area is 86.8 Å². The van der Waals surface area contributed by atoms with Crippen molar-refractivity contribution in [3.63, 3.8) is 0 Å². The van der Waals surface area contributed by atoms with Crippen LogP contribution in [0.3, 0.4) is 0 Å². The summed E-state index contributed by atoms with van der Waals surface area (Å²) in [6, 6.07) is 0.391. The molecule has 0 spiro atoms. The fourth-order valence-electron chi connectivity index (χ4n) is 1.68. The Hall–Kier alpha value is -0.120. The predicted molar refractivity (Wildman–Crippen MR) is 57.3 cm³/mol. The van der Waals surface area contributed by atoms with Crippen molar-refractivity contribution in [1.82, 2.24) is 5.32 Å². The average molecular weight is 201 g/mol. The first-order valence-electron chi connectivity index (χ1n) is 5.66. The van der Waals surface area contributed by atoms with Gasteiger partial charge in [0.1, 0.15) is 0 Å². The zero-order valence-corrected chi connectivity index (χ0v) is 9.33. The van der Waals surface area contributed by atoms with Crippen LogP contribution in [0.2, 0.25) is 0 Å². The lowest BCUT2D eigenvalue weighted by Gasteiger charge is -2.26. The lowest BCUT2D eigenvalue weighted by Crippen LogP contribution is -2.39. The second-order valence-electron chi connectivity index (χ2n) is 4.44. The van der Waals surface area contributed by atoms with Crippen molar-refractivity contribution in [1.29, 1.82) is 0 Å². The first-order chi connectivity index (χ1) is 6.74. The molecule has 14 heavy (non-hydrogen) atoms. The minimum absolute atomic E-state index is 0.259. The minimum atomic E-state index is 0.259. The van der Waals surface area contributed by atoms with Gasteiger partial charge in [0, 0.05) is 25.8 Å². The fourth-order valence-corrected chi connectivity index (χ4v) is 1.68. The Balaban J connectivity index is 2.12. The summed E-state index contributed by atoms with van der Waals surface area (Å²) in [5.41, 5.74) is 0. The number of nitrogens with one attached hydrogen (secondary N) is 1. The highest BCUT2D eigenvalue weighted by molar-refractivity contribution is 4.72. The first kappa shape index (κ1) is 12.0. The van der Waals surface area contributed by atoms with Crippen molar-refractivity contribution in [2.45, 2.75) is 32.7 Å². The third-order valence-corrected chi connectivity index (χ3v) is 3.12. The molecule has 0 saturated carbocycles. The molecule has 0 radical (unpaired) electrons. The van der Waals surface area contributed by atoms with Gasteiger partial charge in [-0.05, 0) is 31.6 Å². The molecule has 3 nitrogen and oxygen atoms in total.